The molecule has 0 aliphatic rings. The topological polar surface area (TPSA) is 0 Å². The zero-order chi connectivity index (χ0) is 29.5. The molecule has 0 aromatic heterocycles. The van der Waals surface area contributed by atoms with E-state index in [0.29, 0.717) is 0 Å². The Bertz CT molecular complexity index is 403. The van der Waals surface area contributed by atoms with Crippen LogP contribution in [0.3, 0.4) is 0 Å². The molecule has 0 aromatic rings. The third kappa shape index (κ3) is 24.2. The van der Waals surface area contributed by atoms with Gasteiger partial charge in [0.1, 0.15) is 0 Å². The lowest BCUT2D eigenvalue weighted by molar-refractivity contribution is -0.929. The first-order valence-electron chi connectivity index (χ1n) is 18.7. The highest BCUT2D eigenvalue weighted by molar-refractivity contribution is 4.52. The lowest BCUT2D eigenvalue weighted by Crippen LogP contribution is -2.50. The van der Waals surface area contributed by atoms with Gasteiger partial charge in [0, 0.05) is 0 Å². The van der Waals surface area contributed by atoms with E-state index in [0.717, 1.165) is 0 Å². The summed E-state index contributed by atoms with van der Waals surface area (Å²) in [7, 11) is 0. The molecule has 0 aromatic carbocycles. The first kappa shape index (κ1) is 41.1. The molecule has 238 valence electrons. The highest BCUT2D eigenvalue weighted by atomic mass is 15.4. The highest BCUT2D eigenvalue weighted by Gasteiger charge is 2.26. The number of unbranched alkanes of at least 4 members (excludes halogenated alkanes) is 13. The summed E-state index contributed by atoms with van der Waals surface area (Å²) in [6.07, 6.45) is 29.5. The minimum absolute atomic E-state index is 1.35. The average molecular weight is 555 g/mol. The van der Waals surface area contributed by atoms with E-state index in [9.17, 15) is 0 Å². The molecule has 2 nitrogen and oxygen atoms in total. The minimum Gasteiger partial charge on any atom is -0.324 e. The molecular weight excluding hydrogens is 472 g/mol. The Morgan fingerprint density at radius 2 is 0.385 bits per heavy atom. The fourth-order valence-corrected chi connectivity index (χ4v) is 6.23. The highest BCUT2D eigenvalue weighted by Crippen LogP contribution is 2.19. The molecule has 39 heavy (non-hydrogen) atoms. The standard InChI is InChI=1S/C19H42N.C18H40N/c1-5-9-13-14-15-19-20(16-10-6-2,17-11-7-3)18-12-8-4;1-5-9-13-14-18-19(15-10-6-2,16-11-7-3)17-12-8-4/h5-19H2,1-4H3;5-18H2,1-4H3/q2*+1. The van der Waals surface area contributed by atoms with E-state index in [1.165, 1.54) is 196 Å². The summed E-state index contributed by atoms with van der Waals surface area (Å²) in [5.74, 6) is 0. The molecule has 0 amide bonds. The van der Waals surface area contributed by atoms with E-state index >= 15 is 0 Å². The molecule has 0 heterocycles. The van der Waals surface area contributed by atoms with Crippen LogP contribution in [0, 0.1) is 0 Å². The molecule has 0 aliphatic heterocycles. The van der Waals surface area contributed by atoms with Crippen LogP contribution < -0.4 is 0 Å². The van der Waals surface area contributed by atoms with Crippen molar-refractivity contribution in [2.24, 2.45) is 0 Å². The second-order valence-electron chi connectivity index (χ2n) is 13.1. The minimum atomic E-state index is 1.35. The first-order valence-corrected chi connectivity index (χ1v) is 18.7. The van der Waals surface area contributed by atoms with Gasteiger partial charge < -0.3 is 8.97 Å². The molecule has 0 spiro atoms. The van der Waals surface area contributed by atoms with Crippen molar-refractivity contribution in [2.45, 2.75) is 190 Å². The maximum Gasteiger partial charge on any atom is 0.0786 e. The summed E-state index contributed by atoms with van der Waals surface area (Å²) in [4.78, 5) is 0. The van der Waals surface area contributed by atoms with Gasteiger partial charge in [-0.2, -0.15) is 0 Å². The third-order valence-electron chi connectivity index (χ3n) is 9.14. The molecule has 0 rings (SSSR count). The van der Waals surface area contributed by atoms with Crippen LogP contribution in [0.15, 0.2) is 0 Å². The molecule has 0 radical (unpaired) electrons. The van der Waals surface area contributed by atoms with Gasteiger partial charge in [0.2, 0.25) is 0 Å². The van der Waals surface area contributed by atoms with E-state index in [1.807, 2.05) is 0 Å². The molecule has 0 saturated heterocycles. The van der Waals surface area contributed by atoms with Gasteiger partial charge in [-0.15, -0.1) is 0 Å². The van der Waals surface area contributed by atoms with Crippen molar-refractivity contribution >= 4 is 0 Å². The molecule has 0 unspecified atom stereocenters. The quantitative estimate of drug-likeness (QED) is 0.0637. The fourth-order valence-electron chi connectivity index (χ4n) is 6.23. The van der Waals surface area contributed by atoms with Crippen molar-refractivity contribution in [3.05, 3.63) is 0 Å². The Morgan fingerprint density at radius 1 is 0.205 bits per heavy atom. The lowest BCUT2D eigenvalue weighted by Gasteiger charge is -2.39. The average Bonchev–Trinajstić information content (AvgIpc) is 2.96. The molecule has 0 fully saturated rings. The van der Waals surface area contributed by atoms with Crippen LogP contribution in [0.2, 0.25) is 0 Å². The van der Waals surface area contributed by atoms with E-state index in [1.54, 1.807) is 0 Å². The number of quaternary nitrogens is 2. The zero-order valence-electron chi connectivity index (χ0n) is 29.4. The van der Waals surface area contributed by atoms with E-state index in [4.69, 9.17) is 0 Å². The number of nitrogens with zero attached hydrogens (tertiary/aromatic N) is 2. The number of hydrogen-bond donors (Lipinski definition) is 0. The predicted molar refractivity (Wildman–Crippen MR) is 182 cm³/mol. The van der Waals surface area contributed by atoms with Crippen molar-refractivity contribution in [1.29, 1.82) is 0 Å². The molecular formula is C37H82N2+2. The van der Waals surface area contributed by atoms with Gasteiger partial charge in [0.15, 0.2) is 0 Å². The number of hydrogen-bond acceptors (Lipinski definition) is 0. The maximum absolute atomic E-state index is 2.34. The normalized spacial score (nSPS) is 12.0. The lowest BCUT2D eigenvalue weighted by atomic mass is 10.1. The summed E-state index contributed by atoms with van der Waals surface area (Å²) in [6.45, 7) is 30.2. The van der Waals surface area contributed by atoms with Gasteiger partial charge in [-0.25, -0.2) is 0 Å². The van der Waals surface area contributed by atoms with Crippen LogP contribution in [0.5, 0.6) is 0 Å². The van der Waals surface area contributed by atoms with Crippen LogP contribution in [0.25, 0.3) is 0 Å². The van der Waals surface area contributed by atoms with Gasteiger partial charge in [-0.1, -0.05) is 126 Å². The largest absolute Gasteiger partial charge is 0.324 e. The van der Waals surface area contributed by atoms with E-state index in [-0.39, 0.29) is 0 Å². The Kier molecular flexibility index (Phi) is 32.5. The molecule has 0 aliphatic carbocycles. The smallest absolute Gasteiger partial charge is 0.0786 e. The van der Waals surface area contributed by atoms with Crippen LogP contribution in [-0.4, -0.2) is 61.3 Å². The van der Waals surface area contributed by atoms with Crippen molar-refractivity contribution in [2.75, 3.05) is 52.4 Å². The summed E-state index contributed by atoms with van der Waals surface area (Å²) in [5.41, 5.74) is 0. The molecule has 0 atom stereocenters. The fraction of sp³-hybridized carbons (Fsp3) is 1.00. The molecule has 0 N–H and O–H groups in total. The Labute approximate surface area is 251 Å². The van der Waals surface area contributed by atoms with E-state index in [2.05, 4.69) is 55.4 Å². The maximum atomic E-state index is 2.34. The predicted octanol–water partition coefficient (Wildman–Crippen LogP) is 12.0. The Hall–Kier alpha value is -0.0800. The summed E-state index contributed by atoms with van der Waals surface area (Å²) in [5, 5.41) is 0. The van der Waals surface area contributed by atoms with Crippen molar-refractivity contribution in [3.8, 4) is 0 Å². The van der Waals surface area contributed by atoms with Crippen LogP contribution in [0.1, 0.15) is 190 Å². The van der Waals surface area contributed by atoms with Gasteiger partial charge in [-0.05, 0) is 64.2 Å². The van der Waals surface area contributed by atoms with E-state index < -0.39 is 0 Å². The van der Waals surface area contributed by atoms with Crippen LogP contribution in [0.4, 0.5) is 0 Å². The van der Waals surface area contributed by atoms with Crippen molar-refractivity contribution in [3.63, 3.8) is 0 Å². The van der Waals surface area contributed by atoms with Crippen LogP contribution in [-0.2, 0) is 0 Å². The van der Waals surface area contributed by atoms with Gasteiger partial charge in [-0.3, -0.25) is 0 Å². The van der Waals surface area contributed by atoms with Gasteiger partial charge in [0.05, 0.1) is 52.4 Å². The zero-order valence-corrected chi connectivity index (χ0v) is 29.4. The third-order valence-corrected chi connectivity index (χ3v) is 9.14. The van der Waals surface area contributed by atoms with Crippen molar-refractivity contribution < 1.29 is 8.97 Å². The van der Waals surface area contributed by atoms with Gasteiger partial charge in [0.25, 0.3) is 0 Å². The molecule has 0 bridgehead atoms. The van der Waals surface area contributed by atoms with Crippen molar-refractivity contribution in [1.82, 2.24) is 0 Å². The molecule has 2 heteroatoms. The first-order chi connectivity index (χ1) is 19.0. The van der Waals surface area contributed by atoms with Crippen LogP contribution >= 0.6 is 0 Å². The van der Waals surface area contributed by atoms with Gasteiger partial charge >= 0.3 is 0 Å². The summed E-state index contributed by atoms with van der Waals surface area (Å²) >= 11 is 0. The number of rotatable bonds is 29. The molecule has 0 saturated carbocycles. The second-order valence-corrected chi connectivity index (χ2v) is 13.1. The monoisotopic (exact) mass is 555 g/mol. The Balaban J connectivity index is 0. The summed E-state index contributed by atoms with van der Waals surface area (Å²) in [6, 6.07) is 0. The second kappa shape index (κ2) is 30.9. The summed E-state index contributed by atoms with van der Waals surface area (Å²) < 4.78 is 2.86. The SMILES string of the molecule is CCCCCCC[N+](CCCC)(CCCC)CCCC.CCCCCC[N+](CCCC)(CCCC)CCCC. The Morgan fingerprint density at radius 3 is 0.615 bits per heavy atom.